The molecule has 0 N–H and O–H groups in total. The largest absolute Gasteiger partial charge is 0.429 e. The second-order valence-electron chi connectivity index (χ2n) is 10.3. The summed E-state index contributed by atoms with van der Waals surface area (Å²) in [5.74, 6) is -7.88. The summed E-state index contributed by atoms with van der Waals surface area (Å²) in [6, 6.07) is 17.8. The predicted octanol–water partition coefficient (Wildman–Crippen LogP) is 10.6. The highest BCUT2D eigenvalue weighted by molar-refractivity contribution is 5.69. The van der Waals surface area contributed by atoms with Crippen LogP contribution in [-0.4, -0.2) is 4.98 Å². The van der Waals surface area contributed by atoms with Gasteiger partial charge in [0.25, 0.3) is 0 Å². The Balaban J connectivity index is 1.29. The van der Waals surface area contributed by atoms with E-state index in [1.165, 1.54) is 6.07 Å². The number of alkyl halides is 2. The average molecular weight is 610 g/mol. The molecule has 9 heteroatoms. The van der Waals surface area contributed by atoms with Crippen LogP contribution in [0.5, 0.6) is 5.75 Å². The normalized spacial score (nSPS) is 11.5. The smallest absolute Gasteiger partial charge is 0.429 e. The Bertz CT molecular complexity index is 1750. The minimum Gasteiger partial charge on any atom is -0.429 e. The number of aryl methyl sites for hydroxylation is 1. The average Bonchev–Trinajstić information content (AvgIpc) is 3.00. The van der Waals surface area contributed by atoms with Crippen LogP contribution in [0.3, 0.4) is 0 Å². The molecule has 1 aromatic heterocycles. The molecule has 0 atom stereocenters. The van der Waals surface area contributed by atoms with E-state index in [-0.39, 0.29) is 11.1 Å². The summed E-state index contributed by atoms with van der Waals surface area (Å²) < 4.78 is 105. The highest BCUT2D eigenvalue weighted by Gasteiger charge is 2.38. The maximum Gasteiger partial charge on any atom is 0.429 e. The summed E-state index contributed by atoms with van der Waals surface area (Å²) in [5, 5.41) is 0. The summed E-state index contributed by atoms with van der Waals surface area (Å²) >= 11 is 0. The van der Waals surface area contributed by atoms with Gasteiger partial charge in [0.15, 0.2) is 17.5 Å². The highest BCUT2D eigenvalue weighted by atomic mass is 19.3. The van der Waals surface area contributed by atoms with E-state index in [9.17, 15) is 30.7 Å². The van der Waals surface area contributed by atoms with Crippen LogP contribution in [0.15, 0.2) is 91.1 Å². The molecular weight excluding hydrogens is 583 g/mol. The van der Waals surface area contributed by atoms with Gasteiger partial charge >= 0.3 is 6.11 Å². The molecule has 226 valence electrons. The molecule has 44 heavy (non-hydrogen) atoms. The van der Waals surface area contributed by atoms with Crippen LogP contribution in [0, 0.1) is 29.1 Å². The van der Waals surface area contributed by atoms with E-state index >= 15 is 0 Å². The third kappa shape index (κ3) is 6.77. The Morgan fingerprint density at radius 1 is 0.636 bits per heavy atom. The van der Waals surface area contributed by atoms with E-state index in [0.29, 0.717) is 29.3 Å². The number of pyridine rings is 1. The van der Waals surface area contributed by atoms with Gasteiger partial charge in [-0.25, -0.2) is 22.0 Å². The topological polar surface area (TPSA) is 22.1 Å². The number of halogens is 7. The number of rotatable bonds is 10. The van der Waals surface area contributed by atoms with Crippen molar-refractivity contribution in [3.05, 3.63) is 131 Å². The van der Waals surface area contributed by atoms with Gasteiger partial charge in [-0.2, -0.15) is 8.78 Å². The fourth-order valence-electron chi connectivity index (χ4n) is 4.79. The van der Waals surface area contributed by atoms with Gasteiger partial charge < -0.3 is 4.74 Å². The van der Waals surface area contributed by atoms with Crippen molar-refractivity contribution >= 4 is 0 Å². The van der Waals surface area contributed by atoms with E-state index in [0.717, 1.165) is 66.8 Å². The van der Waals surface area contributed by atoms with E-state index in [4.69, 9.17) is 0 Å². The quantitative estimate of drug-likeness (QED) is 0.0893. The van der Waals surface area contributed by atoms with E-state index in [1.807, 2.05) is 30.5 Å². The first kappa shape index (κ1) is 30.8. The van der Waals surface area contributed by atoms with Gasteiger partial charge in [0.05, 0.1) is 11.3 Å². The Morgan fingerprint density at radius 3 is 1.91 bits per heavy atom. The van der Waals surface area contributed by atoms with Gasteiger partial charge in [0, 0.05) is 23.4 Å². The van der Waals surface area contributed by atoms with Crippen LogP contribution in [0.2, 0.25) is 0 Å². The van der Waals surface area contributed by atoms with Gasteiger partial charge in [0.1, 0.15) is 17.4 Å². The predicted molar refractivity (Wildman–Crippen MR) is 155 cm³/mol. The number of nitrogens with zero attached hydrogens (tertiary/aromatic N) is 1. The Labute approximate surface area is 249 Å². The van der Waals surface area contributed by atoms with Crippen LogP contribution < -0.4 is 4.74 Å². The molecule has 0 aliphatic carbocycles. The second-order valence-corrected chi connectivity index (χ2v) is 10.3. The zero-order valence-electron chi connectivity index (χ0n) is 23.5. The first-order valence-corrected chi connectivity index (χ1v) is 13.9. The Kier molecular flexibility index (Phi) is 9.04. The maximum absolute atomic E-state index is 15.0. The van der Waals surface area contributed by atoms with Gasteiger partial charge in [-0.15, -0.1) is 0 Å². The standard InChI is InChI=1S/C35H26F7NO/c1-2-3-4-5-21-6-15-33(43-20-21)23-9-7-22(8-10-23)24-11-14-28(30(37)16-24)35(41,42)44-26-12-13-27(29(36)19-26)25-17-31(38)34(40)32(39)18-25/h6-20H,2-5H2,1H3. The zero-order chi connectivity index (χ0) is 31.4. The van der Waals surface area contributed by atoms with Gasteiger partial charge in [-0.05, 0) is 77.6 Å². The summed E-state index contributed by atoms with van der Waals surface area (Å²) in [7, 11) is 0. The van der Waals surface area contributed by atoms with Crippen molar-refractivity contribution < 1.29 is 35.5 Å². The molecule has 0 amide bonds. The molecule has 0 radical (unpaired) electrons. The van der Waals surface area contributed by atoms with E-state index < -0.39 is 46.5 Å². The number of ether oxygens (including phenoxy) is 1. The molecule has 0 aliphatic heterocycles. The van der Waals surface area contributed by atoms with Crippen LogP contribution in [-0.2, 0) is 12.5 Å². The number of hydrogen-bond donors (Lipinski definition) is 0. The van der Waals surface area contributed by atoms with Crippen LogP contribution in [0.25, 0.3) is 33.5 Å². The fraction of sp³-hybridized carbons (Fsp3) is 0.171. The zero-order valence-corrected chi connectivity index (χ0v) is 23.5. The van der Waals surface area contributed by atoms with Crippen LogP contribution in [0.1, 0.15) is 37.3 Å². The van der Waals surface area contributed by atoms with Crippen molar-refractivity contribution in [2.24, 2.45) is 0 Å². The third-order valence-corrected chi connectivity index (χ3v) is 7.17. The molecule has 0 aliphatic rings. The Morgan fingerprint density at radius 2 is 1.30 bits per heavy atom. The lowest BCUT2D eigenvalue weighted by Gasteiger charge is -2.20. The minimum atomic E-state index is -4.19. The summed E-state index contributed by atoms with van der Waals surface area (Å²) in [6.07, 6.45) is 2.05. The SMILES string of the molecule is CCCCCc1ccc(-c2ccc(-c3ccc(C(F)(F)Oc4ccc(-c5cc(F)c(F)c(F)c5)c(F)c4)c(F)c3)cc2)nc1. The fourth-order valence-corrected chi connectivity index (χ4v) is 4.79. The lowest BCUT2D eigenvalue weighted by atomic mass is 10.0. The highest BCUT2D eigenvalue weighted by Crippen LogP contribution is 2.37. The van der Waals surface area contributed by atoms with Crippen LogP contribution >= 0.6 is 0 Å². The molecule has 2 nitrogen and oxygen atoms in total. The monoisotopic (exact) mass is 609 g/mol. The molecule has 0 spiro atoms. The van der Waals surface area contributed by atoms with Crippen molar-refractivity contribution in [1.82, 2.24) is 4.98 Å². The summed E-state index contributed by atoms with van der Waals surface area (Å²) in [5.41, 5.74) is 1.92. The van der Waals surface area contributed by atoms with Gasteiger partial charge in [0.2, 0.25) is 0 Å². The van der Waals surface area contributed by atoms with Gasteiger partial charge in [-0.3, -0.25) is 4.98 Å². The maximum atomic E-state index is 15.0. The molecule has 4 aromatic carbocycles. The molecule has 5 aromatic rings. The van der Waals surface area contributed by atoms with E-state index in [1.54, 1.807) is 12.1 Å². The van der Waals surface area contributed by atoms with Gasteiger partial charge in [-0.1, -0.05) is 56.2 Å². The van der Waals surface area contributed by atoms with Crippen LogP contribution in [0.4, 0.5) is 30.7 Å². The van der Waals surface area contributed by atoms with Crippen molar-refractivity contribution in [2.45, 2.75) is 38.7 Å². The van der Waals surface area contributed by atoms with Crippen molar-refractivity contribution in [3.63, 3.8) is 0 Å². The first-order valence-electron chi connectivity index (χ1n) is 13.9. The number of unbranched alkanes of at least 4 members (excludes halogenated alkanes) is 2. The van der Waals surface area contributed by atoms with Crippen molar-refractivity contribution in [1.29, 1.82) is 0 Å². The number of aromatic nitrogens is 1. The lowest BCUT2D eigenvalue weighted by molar-refractivity contribution is -0.187. The molecule has 0 fully saturated rings. The van der Waals surface area contributed by atoms with Crippen molar-refractivity contribution in [2.75, 3.05) is 0 Å². The first-order chi connectivity index (χ1) is 21.1. The second kappa shape index (κ2) is 12.9. The van der Waals surface area contributed by atoms with Crippen molar-refractivity contribution in [3.8, 4) is 39.3 Å². The molecule has 0 bridgehead atoms. The lowest BCUT2D eigenvalue weighted by Crippen LogP contribution is -2.23. The minimum absolute atomic E-state index is 0.348. The molecular formula is C35H26F7NO. The molecule has 5 rings (SSSR count). The number of benzene rings is 4. The molecule has 0 saturated carbocycles. The van der Waals surface area contributed by atoms with E-state index in [2.05, 4.69) is 16.6 Å². The Hall–Kier alpha value is -4.66. The summed E-state index contributed by atoms with van der Waals surface area (Å²) in [6.45, 7) is 2.15. The number of hydrogen-bond acceptors (Lipinski definition) is 2. The molecule has 1 heterocycles. The molecule has 0 saturated heterocycles. The summed E-state index contributed by atoms with van der Waals surface area (Å²) in [4.78, 5) is 4.53. The molecule has 0 unspecified atom stereocenters. The third-order valence-electron chi connectivity index (χ3n) is 7.17.